The van der Waals surface area contributed by atoms with Gasteiger partial charge in [-0.1, -0.05) is 0 Å². The molecule has 112 valence electrons. The number of aromatic nitrogens is 2. The molecule has 0 saturated heterocycles. The van der Waals surface area contributed by atoms with Crippen molar-refractivity contribution < 1.29 is 14.7 Å². The summed E-state index contributed by atoms with van der Waals surface area (Å²) in [5, 5.41) is 12.8. The Balaban J connectivity index is 2.65. The molecule has 0 spiro atoms. The predicted molar refractivity (Wildman–Crippen MR) is 74.2 cm³/mol. The molecular formula is C13H22N4O3. The standard InChI is InChI=1S/C13H22N4O3/c1-10(2)17(6-5-12(18)19)13(20)15(3)8-11-7-14-16(4)9-11/h7,9-10H,5-6,8H2,1-4H3,(H,18,19). The second kappa shape index (κ2) is 6.93. The van der Waals surface area contributed by atoms with E-state index in [1.54, 1.807) is 27.7 Å². The van der Waals surface area contributed by atoms with Gasteiger partial charge in [0, 0.05) is 38.4 Å². The maximum Gasteiger partial charge on any atom is 0.320 e. The number of carbonyl (C=O) groups is 2. The minimum atomic E-state index is -0.904. The Bertz CT molecular complexity index is 470. The van der Waals surface area contributed by atoms with E-state index < -0.39 is 5.97 Å². The topological polar surface area (TPSA) is 78.7 Å². The molecule has 0 aliphatic carbocycles. The fraction of sp³-hybridized carbons (Fsp3) is 0.615. The number of aryl methyl sites for hydroxylation is 1. The van der Waals surface area contributed by atoms with Gasteiger partial charge < -0.3 is 14.9 Å². The summed E-state index contributed by atoms with van der Waals surface area (Å²) in [5.74, 6) is -0.904. The van der Waals surface area contributed by atoms with E-state index in [4.69, 9.17) is 5.11 Å². The van der Waals surface area contributed by atoms with Gasteiger partial charge in [-0.05, 0) is 13.8 Å². The van der Waals surface area contributed by atoms with E-state index in [2.05, 4.69) is 5.10 Å². The normalized spacial score (nSPS) is 10.7. The van der Waals surface area contributed by atoms with E-state index in [1.165, 1.54) is 0 Å². The Morgan fingerprint density at radius 1 is 1.45 bits per heavy atom. The van der Waals surface area contributed by atoms with Crippen molar-refractivity contribution in [2.45, 2.75) is 32.9 Å². The molecule has 7 heteroatoms. The fourth-order valence-corrected chi connectivity index (χ4v) is 1.91. The molecule has 0 aliphatic rings. The van der Waals surface area contributed by atoms with Gasteiger partial charge >= 0.3 is 12.0 Å². The van der Waals surface area contributed by atoms with Crippen molar-refractivity contribution in [3.8, 4) is 0 Å². The molecule has 0 fully saturated rings. The monoisotopic (exact) mass is 282 g/mol. The lowest BCUT2D eigenvalue weighted by Crippen LogP contribution is -2.45. The maximum absolute atomic E-state index is 12.3. The van der Waals surface area contributed by atoms with Crippen molar-refractivity contribution in [2.75, 3.05) is 13.6 Å². The van der Waals surface area contributed by atoms with Crippen LogP contribution in [0.4, 0.5) is 4.79 Å². The van der Waals surface area contributed by atoms with Crippen LogP contribution in [-0.2, 0) is 18.4 Å². The van der Waals surface area contributed by atoms with Crippen molar-refractivity contribution in [1.82, 2.24) is 19.6 Å². The molecule has 1 aromatic rings. The van der Waals surface area contributed by atoms with Crippen molar-refractivity contribution in [1.29, 1.82) is 0 Å². The summed E-state index contributed by atoms with van der Waals surface area (Å²) in [6.45, 7) is 4.40. The highest BCUT2D eigenvalue weighted by atomic mass is 16.4. The molecule has 0 saturated carbocycles. The number of amides is 2. The molecule has 1 N–H and O–H groups in total. The minimum absolute atomic E-state index is 0.0433. The summed E-state index contributed by atoms with van der Waals surface area (Å²) in [5.41, 5.74) is 0.935. The van der Waals surface area contributed by atoms with E-state index >= 15 is 0 Å². The van der Waals surface area contributed by atoms with Crippen LogP contribution < -0.4 is 0 Å². The van der Waals surface area contributed by atoms with Crippen molar-refractivity contribution in [3.05, 3.63) is 18.0 Å². The molecule has 0 aliphatic heterocycles. The van der Waals surface area contributed by atoms with Crippen LogP contribution in [0.5, 0.6) is 0 Å². The van der Waals surface area contributed by atoms with Gasteiger partial charge in [-0.25, -0.2) is 4.79 Å². The summed E-state index contributed by atoms with van der Waals surface area (Å²) in [6.07, 6.45) is 3.51. The fourth-order valence-electron chi connectivity index (χ4n) is 1.91. The van der Waals surface area contributed by atoms with E-state index in [1.807, 2.05) is 27.1 Å². The van der Waals surface area contributed by atoms with Crippen LogP contribution in [0, 0.1) is 0 Å². The lowest BCUT2D eigenvalue weighted by molar-refractivity contribution is -0.137. The highest BCUT2D eigenvalue weighted by Crippen LogP contribution is 2.08. The first-order valence-electron chi connectivity index (χ1n) is 6.52. The number of rotatable bonds is 6. The van der Waals surface area contributed by atoms with Crippen LogP contribution in [0.3, 0.4) is 0 Å². The first-order valence-corrected chi connectivity index (χ1v) is 6.52. The van der Waals surface area contributed by atoms with Crippen LogP contribution in [0.25, 0.3) is 0 Å². The number of carbonyl (C=O) groups excluding carboxylic acids is 1. The summed E-state index contributed by atoms with van der Waals surface area (Å²) >= 11 is 0. The minimum Gasteiger partial charge on any atom is -0.481 e. The molecule has 0 unspecified atom stereocenters. The SMILES string of the molecule is CC(C)N(CCC(=O)O)C(=O)N(C)Cc1cnn(C)c1. The molecule has 1 rings (SSSR count). The number of aliphatic carboxylic acids is 1. The lowest BCUT2D eigenvalue weighted by Gasteiger charge is -2.30. The average Bonchev–Trinajstić information content (AvgIpc) is 2.73. The Hall–Kier alpha value is -2.05. The first kappa shape index (κ1) is 16.0. The molecule has 1 aromatic heterocycles. The van der Waals surface area contributed by atoms with Gasteiger partial charge in [-0.15, -0.1) is 0 Å². The van der Waals surface area contributed by atoms with Crippen LogP contribution in [0.2, 0.25) is 0 Å². The first-order chi connectivity index (χ1) is 9.31. The van der Waals surface area contributed by atoms with Gasteiger partial charge in [0.2, 0.25) is 0 Å². The average molecular weight is 282 g/mol. The quantitative estimate of drug-likeness (QED) is 0.849. The summed E-state index contributed by atoms with van der Waals surface area (Å²) in [7, 11) is 3.52. The van der Waals surface area contributed by atoms with Crippen molar-refractivity contribution >= 4 is 12.0 Å². The van der Waals surface area contributed by atoms with Crippen LogP contribution in [0.15, 0.2) is 12.4 Å². The van der Waals surface area contributed by atoms with Gasteiger partial charge in [-0.2, -0.15) is 5.10 Å². The van der Waals surface area contributed by atoms with Gasteiger partial charge in [0.25, 0.3) is 0 Å². The number of hydrogen-bond acceptors (Lipinski definition) is 3. The number of hydrogen-bond donors (Lipinski definition) is 1. The summed E-state index contributed by atoms with van der Waals surface area (Å²) in [4.78, 5) is 26.1. The smallest absolute Gasteiger partial charge is 0.320 e. The van der Waals surface area contributed by atoms with Gasteiger partial charge in [0.1, 0.15) is 0 Å². The molecule has 0 aromatic carbocycles. The number of urea groups is 1. The summed E-state index contributed by atoms with van der Waals surface area (Å²) in [6, 6.07) is -0.219. The Morgan fingerprint density at radius 2 is 2.10 bits per heavy atom. The molecular weight excluding hydrogens is 260 g/mol. The van der Waals surface area contributed by atoms with E-state index in [9.17, 15) is 9.59 Å². The van der Waals surface area contributed by atoms with Crippen LogP contribution in [0.1, 0.15) is 25.8 Å². The molecule has 0 radical (unpaired) electrons. The largest absolute Gasteiger partial charge is 0.481 e. The Labute approximate surface area is 118 Å². The molecule has 2 amide bonds. The Kier molecular flexibility index (Phi) is 5.54. The zero-order valence-electron chi connectivity index (χ0n) is 12.4. The second-order valence-corrected chi connectivity index (χ2v) is 5.09. The zero-order chi connectivity index (χ0) is 15.3. The Morgan fingerprint density at radius 3 is 2.55 bits per heavy atom. The third kappa shape index (κ3) is 4.56. The number of nitrogens with zero attached hydrogens (tertiary/aromatic N) is 4. The highest BCUT2D eigenvalue weighted by Gasteiger charge is 2.21. The van der Waals surface area contributed by atoms with E-state index in [-0.39, 0.29) is 25.0 Å². The van der Waals surface area contributed by atoms with E-state index in [0.717, 1.165) is 5.56 Å². The molecule has 20 heavy (non-hydrogen) atoms. The summed E-state index contributed by atoms with van der Waals surface area (Å²) < 4.78 is 1.68. The lowest BCUT2D eigenvalue weighted by atomic mass is 10.3. The second-order valence-electron chi connectivity index (χ2n) is 5.09. The van der Waals surface area contributed by atoms with Gasteiger partial charge in [0.15, 0.2) is 0 Å². The molecule has 0 atom stereocenters. The molecule has 1 heterocycles. The van der Waals surface area contributed by atoms with E-state index in [0.29, 0.717) is 6.54 Å². The van der Waals surface area contributed by atoms with Crippen LogP contribution in [-0.4, -0.2) is 56.3 Å². The zero-order valence-corrected chi connectivity index (χ0v) is 12.4. The predicted octanol–water partition coefficient (Wildman–Crippen LogP) is 1.16. The van der Waals surface area contributed by atoms with Gasteiger partial charge in [-0.3, -0.25) is 9.48 Å². The highest BCUT2D eigenvalue weighted by molar-refractivity contribution is 5.75. The van der Waals surface area contributed by atoms with Crippen LogP contribution >= 0.6 is 0 Å². The van der Waals surface area contributed by atoms with Crippen molar-refractivity contribution in [2.24, 2.45) is 7.05 Å². The number of carboxylic acids is 1. The maximum atomic E-state index is 12.3. The van der Waals surface area contributed by atoms with Crippen molar-refractivity contribution in [3.63, 3.8) is 0 Å². The molecule has 7 nitrogen and oxygen atoms in total. The third-order valence-electron chi connectivity index (χ3n) is 2.94. The number of carboxylic acid groups (broad SMARTS) is 1. The van der Waals surface area contributed by atoms with Gasteiger partial charge in [0.05, 0.1) is 19.2 Å². The molecule has 0 bridgehead atoms. The third-order valence-corrected chi connectivity index (χ3v) is 2.94.